The van der Waals surface area contributed by atoms with Crippen molar-refractivity contribution in [2.75, 3.05) is 0 Å². The van der Waals surface area contributed by atoms with Crippen LogP contribution >= 0.6 is 11.3 Å². The summed E-state index contributed by atoms with van der Waals surface area (Å²) in [4.78, 5) is 14.1. The second kappa shape index (κ2) is 4.84. The number of ketones is 1. The predicted molar refractivity (Wildman–Crippen MR) is 69.7 cm³/mol. The minimum absolute atomic E-state index is 0.182. The molecule has 2 heterocycles. The van der Waals surface area contributed by atoms with Crippen LogP contribution in [0.3, 0.4) is 0 Å². The lowest BCUT2D eigenvalue weighted by atomic mass is 10.1. The fourth-order valence-corrected chi connectivity index (χ4v) is 2.63. The smallest absolute Gasteiger partial charge is 0.177 e. The zero-order valence-corrected chi connectivity index (χ0v) is 11.2. The van der Waals surface area contributed by atoms with Crippen molar-refractivity contribution < 1.29 is 4.79 Å². The van der Waals surface area contributed by atoms with E-state index in [1.807, 2.05) is 37.7 Å². The van der Waals surface area contributed by atoms with E-state index in [1.165, 1.54) is 10.4 Å². The molecule has 0 bridgehead atoms. The van der Waals surface area contributed by atoms with Gasteiger partial charge in [0.2, 0.25) is 0 Å². The molecule has 0 unspecified atom stereocenters. The summed E-state index contributed by atoms with van der Waals surface area (Å²) in [7, 11) is 0. The molecule has 0 aliphatic carbocycles. The van der Waals surface area contributed by atoms with Gasteiger partial charge in [-0.1, -0.05) is 0 Å². The summed E-state index contributed by atoms with van der Waals surface area (Å²) in [6.45, 7) is 6.96. The van der Waals surface area contributed by atoms with Gasteiger partial charge in [-0.25, -0.2) is 0 Å². The number of hydrogen-bond acceptors (Lipinski definition) is 3. The maximum atomic E-state index is 12.1. The average molecular weight is 248 g/mol. The van der Waals surface area contributed by atoms with Gasteiger partial charge in [0.1, 0.15) is 0 Å². The Labute approximate surface area is 105 Å². The first-order chi connectivity index (χ1) is 8.10. The first-order valence-corrected chi connectivity index (χ1v) is 6.53. The lowest BCUT2D eigenvalue weighted by Gasteiger charge is -1.94. The molecule has 0 fully saturated rings. The third-order valence-electron chi connectivity index (χ3n) is 2.82. The van der Waals surface area contributed by atoms with Gasteiger partial charge >= 0.3 is 0 Å². The lowest BCUT2D eigenvalue weighted by molar-refractivity contribution is 0.0997. The Bertz CT molecular complexity index is 520. The maximum Gasteiger partial charge on any atom is 0.177 e. The van der Waals surface area contributed by atoms with Crippen LogP contribution in [0.4, 0.5) is 0 Å². The van der Waals surface area contributed by atoms with E-state index in [1.54, 1.807) is 17.5 Å². The number of Topliss-reactive ketones (excluding diaryl/α,β-unsaturated/α-hetero) is 1. The molecule has 2 rings (SSSR count). The van der Waals surface area contributed by atoms with Gasteiger partial charge in [-0.05, 0) is 38.0 Å². The van der Waals surface area contributed by atoms with Gasteiger partial charge in [0.05, 0.1) is 11.1 Å². The van der Waals surface area contributed by atoms with Gasteiger partial charge in [-0.3, -0.25) is 9.48 Å². The minimum atomic E-state index is 0.182. The van der Waals surface area contributed by atoms with Gasteiger partial charge in [-0.2, -0.15) is 5.10 Å². The van der Waals surface area contributed by atoms with Crippen LogP contribution in [-0.4, -0.2) is 15.6 Å². The molecule has 0 aliphatic heterocycles. The first-order valence-electron chi connectivity index (χ1n) is 5.71. The summed E-state index contributed by atoms with van der Waals surface area (Å²) in [5, 5.41) is 4.17. The van der Waals surface area contributed by atoms with Crippen molar-refractivity contribution in [2.24, 2.45) is 0 Å². The summed E-state index contributed by atoms with van der Waals surface area (Å²) >= 11 is 1.58. The van der Waals surface area contributed by atoms with E-state index in [4.69, 9.17) is 0 Å². The number of aromatic nitrogens is 2. The number of carbonyl (C=O) groups is 1. The predicted octanol–water partition coefficient (Wildman–Crippen LogP) is 3.01. The van der Waals surface area contributed by atoms with Crippen LogP contribution in [0.15, 0.2) is 18.5 Å². The number of nitrogens with zero attached hydrogens (tertiary/aromatic N) is 2. The SMILES string of the molecule is CCn1cc(CC(=O)c2cc(C)c(C)s2)cn1. The van der Waals surface area contributed by atoms with Gasteiger partial charge in [-0.15, -0.1) is 11.3 Å². The van der Waals surface area contributed by atoms with E-state index in [0.29, 0.717) is 6.42 Å². The zero-order valence-electron chi connectivity index (χ0n) is 10.4. The monoisotopic (exact) mass is 248 g/mol. The van der Waals surface area contributed by atoms with Crippen molar-refractivity contribution in [3.63, 3.8) is 0 Å². The molecule has 90 valence electrons. The highest BCUT2D eigenvalue weighted by Crippen LogP contribution is 2.22. The van der Waals surface area contributed by atoms with Crippen molar-refractivity contribution in [1.29, 1.82) is 0 Å². The third-order valence-corrected chi connectivity index (χ3v) is 4.01. The second-order valence-electron chi connectivity index (χ2n) is 4.15. The lowest BCUT2D eigenvalue weighted by Crippen LogP contribution is -2.00. The van der Waals surface area contributed by atoms with Crippen molar-refractivity contribution >= 4 is 17.1 Å². The Kier molecular flexibility index (Phi) is 3.43. The molecule has 0 atom stereocenters. The van der Waals surface area contributed by atoms with Crippen molar-refractivity contribution in [2.45, 2.75) is 33.7 Å². The quantitative estimate of drug-likeness (QED) is 0.780. The van der Waals surface area contributed by atoms with Gasteiger partial charge < -0.3 is 0 Å². The molecule has 0 aromatic carbocycles. The Morgan fingerprint density at radius 2 is 2.24 bits per heavy atom. The molecule has 0 aliphatic rings. The highest BCUT2D eigenvalue weighted by atomic mass is 32.1. The summed E-state index contributed by atoms with van der Waals surface area (Å²) < 4.78 is 1.84. The summed E-state index contributed by atoms with van der Waals surface area (Å²) in [6.07, 6.45) is 4.15. The van der Waals surface area contributed by atoms with E-state index in [-0.39, 0.29) is 5.78 Å². The van der Waals surface area contributed by atoms with E-state index in [0.717, 1.165) is 17.0 Å². The summed E-state index contributed by atoms with van der Waals surface area (Å²) in [6, 6.07) is 1.98. The van der Waals surface area contributed by atoms with Crippen LogP contribution in [0.2, 0.25) is 0 Å². The molecule has 3 nitrogen and oxygen atoms in total. The van der Waals surface area contributed by atoms with Gasteiger partial charge in [0.15, 0.2) is 5.78 Å². The molecule has 0 radical (unpaired) electrons. The number of hydrogen-bond donors (Lipinski definition) is 0. The number of rotatable bonds is 4. The van der Waals surface area contributed by atoms with Crippen molar-refractivity contribution in [3.8, 4) is 0 Å². The van der Waals surface area contributed by atoms with E-state index in [2.05, 4.69) is 5.10 Å². The largest absolute Gasteiger partial charge is 0.293 e. The van der Waals surface area contributed by atoms with E-state index >= 15 is 0 Å². The molecule has 4 heteroatoms. The highest BCUT2D eigenvalue weighted by molar-refractivity contribution is 7.14. The van der Waals surface area contributed by atoms with Crippen LogP contribution in [0.5, 0.6) is 0 Å². The van der Waals surface area contributed by atoms with Crippen LogP contribution in [0.25, 0.3) is 0 Å². The van der Waals surface area contributed by atoms with Gasteiger partial charge in [0.25, 0.3) is 0 Å². The molecule has 0 spiro atoms. The molecular formula is C13H16N2OS. The number of carbonyl (C=O) groups excluding carboxylic acids is 1. The molecule has 2 aromatic rings. The van der Waals surface area contributed by atoms with Crippen LogP contribution in [0.1, 0.15) is 32.6 Å². The first kappa shape index (κ1) is 12.0. The molecule has 2 aromatic heterocycles. The fourth-order valence-electron chi connectivity index (χ4n) is 1.65. The average Bonchev–Trinajstić information content (AvgIpc) is 2.87. The summed E-state index contributed by atoms with van der Waals surface area (Å²) in [5.41, 5.74) is 2.18. The summed E-state index contributed by atoms with van der Waals surface area (Å²) in [5.74, 6) is 0.182. The van der Waals surface area contributed by atoms with E-state index in [9.17, 15) is 4.79 Å². The molecular weight excluding hydrogens is 232 g/mol. The highest BCUT2D eigenvalue weighted by Gasteiger charge is 2.12. The van der Waals surface area contributed by atoms with Crippen molar-refractivity contribution in [3.05, 3.63) is 39.3 Å². The fraction of sp³-hybridized carbons (Fsp3) is 0.385. The van der Waals surface area contributed by atoms with E-state index < -0.39 is 0 Å². The molecule has 0 N–H and O–H groups in total. The maximum absolute atomic E-state index is 12.1. The Morgan fingerprint density at radius 1 is 1.47 bits per heavy atom. The standard InChI is InChI=1S/C13H16N2OS/c1-4-15-8-11(7-14-15)6-12(16)13-5-9(2)10(3)17-13/h5,7-8H,4,6H2,1-3H3. The van der Waals surface area contributed by atoms with Crippen LogP contribution < -0.4 is 0 Å². The minimum Gasteiger partial charge on any atom is -0.293 e. The molecule has 17 heavy (non-hydrogen) atoms. The van der Waals surface area contributed by atoms with Crippen LogP contribution in [-0.2, 0) is 13.0 Å². The Morgan fingerprint density at radius 3 is 2.76 bits per heavy atom. The number of aryl methyl sites for hydroxylation is 3. The third kappa shape index (κ3) is 2.64. The normalized spacial score (nSPS) is 10.8. The van der Waals surface area contributed by atoms with Crippen molar-refractivity contribution in [1.82, 2.24) is 9.78 Å². The zero-order chi connectivity index (χ0) is 12.4. The molecule has 0 saturated heterocycles. The topological polar surface area (TPSA) is 34.9 Å². The Hall–Kier alpha value is -1.42. The molecule has 0 saturated carbocycles. The van der Waals surface area contributed by atoms with Gasteiger partial charge in [0, 0.05) is 24.0 Å². The number of thiophene rings is 1. The van der Waals surface area contributed by atoms with Crippen LogP contribution in [0, 0.1) is 13.8 Å². The Balaban J connectivity index is 2.11. The molecule has 0 amide bonds. The second-order valence-corrected chi connectivity index (χ2v) is 5.41.